The van der Waals surface area contributed by atoms with Crippen molar-refractivity contribution in [1.29, 1.82) is 0 Å². The summed E-state index contributed by atoms with van der Waals surface area (Å²) in [4.78, 5) is 2.77. The Labute approximate surface area is 113 Å². The molecule has 106 valence electrons. The van der Waals surface area contributed by atoms with Crippen molar-refractivity contribution >= 4 is 0 Å². The second-order valence-corrected chi connectivity index (χ2v) is 6.91. The van der Waals surface area contributed by atoms with Crippen LogP contribution in [0, 0.1) is 11.8 Å². The molecule has 0 aromatic heterocycles. The molecule has 2 rings (SSSR count). The molecule has 1 unspecified atom stereocenters. The number of rotatable bonds is 3. The summed E-state index contributed by atoms with van der Waals surface area (Å²) >= 11 is 0. The molecular formula is C16H32N2. The zero-order valence-electron chi connectivity index (χ0n) is 12.5. The normalized spacial score (nSPS) is 30.3. The highest BCUT2D eigenvalue weighted by Gasteiger charge is 2.37. The van der Waals surface area contributed by atoms with Gasteiger partial charge >= 0.3 is 0 Å². The van der Waals surface area contributed by atoms with E-state index < -0.39 is 0 Å². The summed E-state index contributed by atoms with van der Waals surface area (Å²) in [5, 5.41) is 0. The highest BCUT2D eigenvalue weighted by atomic mass is 15.2. The molecule has 1 aliphatic heterocycles. The molecular weight excluding hydrogens is 220 g/mol. The van der Waals surface area contributed by atoms with Crippen molar-refractivity contribution in [2.75, 3.05) is 19.6 Å². The topological polar surface area (TPSA) is 29.3 Å². The smallest absolute Gasteiger partial charge is 0.0331 e. The first-order valence-electron chi connectivity index (χ1n) is 8.13. The van der Waals surface area contributed by atoms with Crippen molar-refractivity contribution in [1.82, 2.24) is 4.90 Å². The molecule has 1 heterocycles. The second-order valence-electron chi connectivity index (χ2n) is 6.91. The maximum Gasteiger partial charge on any atom is 0.0331 e. The SMILES string of the molecule is CC(C)C1CCCN(C2(CN)CCCCC2)CC1. The molecule has 0 bridgehead atoms. The van der Waals surface area contributed by atoms with E-state index in [0.29, 0.717) is 5.54 Å². The second kappa shape index (κ2) is 6.38. The van der Waals surface area contributed by atoms with Gasteiger partial charge in [-0.1, -0.05) is 33.1 Å². The van der Waals surface area contributed by atoms with E-state index in [9.17, 15) is 0 Å². The highest BCUT2D eigenvalue weighted by molar-refractivity contribution is 4.95. The fraction of sp³-hybridized carbons (Fsp3) is 1.00. The van der Waals surface area contributed by atoms with Gasteiger partial charge in [-0.15, -0.1) is 0 Å². The Bertz CT molecular complexity index is 243. The van der Waals surface area contributed by atoms with Crippen LogP contribution in [0.3, 0.4) is 0 Å². The lowest BCUT2D eigenvalue weighted by atomic mass is 9.80. The van der Waals surface area contributed by atoms with Gasteiger partial charge in [-0.05, 0) is 57.0 Å². The molecule has 1 atom stereocenters. The molecule has 0 radical (unpaired) electrons. The summed E-state index contributed by atoms with van der Waals surface area (Å²) in [6, 6.07) is 0. The van der Waals surface area contributed by atoms with Gasteiger partial charge in [0.25, 0.3) is 0 Å². The van der Waals surface area contributed by atoms with Gasteiger partial charge in [0, 0.05) is 12.1 Å². The van der Waals surface area contributed by atoms with E-state index in [1.807, 2.05) is 0 Å². The molecule has 1 saturated heterocycles. The average Bonchev–Trinajstić information content (AvgIpc) is 2.65. The van der Waals surface area contributed by atoms with Crippen LogP contribution >= 0.6 is 0 Å². The molecule has 2 nitrogen and oxygen atoms in total. The van der Waals surface area contributed by atoms with E-state index in [0.717, 1.165) is 18.4 Å². The Hall–Kier alpha value is -0.0800. The Morgan fingerprint density at radius 1 is 1.06 bits per heavy atom. The van der Waals surface area contributed by atoms with Gasteiger partial charge in [0.2, 0.25) is 0 Å². The fourth-order valence-corrected chi connectivity index (χ4v) is 4.12. The molecule has 1 aliphatic carbocycles. The van der Waals surface area contributed by atoms with Gasteiger partial charge < -0.3 is 5.73 Å². The first kappa shape index (κ1) is 14.3. The van der Waals surface area contributed by atoms with Crippen LogP contribution in [0.1, 0.15) is 65.2 Å². The van der Waals surface area contributed by atoms with Crippen LogP contribution < -0.4 is 5.73 Å². The Kier molecular flexibility index (Phi) is 5.08. The summed E-state index contributed by atoms with van der Waals surface area (Å²) in [5.74, 6) is 1.79. The van der Waals surface area contributed by atoms with Crippen molar-refractivity contribution in [3.05, 3.63) is 0 Å². The Morgan fingerprint density at radius 3 is 2.39 bits per heavy atom. The quantitative estimate of drug-likeness (QED) is 0.834. The van der Waals surface area contributed by atoms with Gasteiger partial charge in [0.1, 0.15) is 0 Å². The van der Waals surface area contributed by atoms with Crippen molar-refractivity contribution in [2.24, 2.45) is 17.6 Å². The van der Waals surface area contributed by atoms with Crippen LogP contribution in [0.2, 0.25) is 0 Å². The van der Waals surface area contributed by atoms with Gasteiger partial charge in [-0.3, -0.25) is 4.90 Å². The minimum atomic E-state index is 0.365. The number of hydrogen-bond acceptors (Lipinski definition) is 2. The number of nitrogens with two attached hydrogens (primary N) is 1. The maximum atomic E-state index is 6.17. The van der Waals surface area contributed by atoms with Gasteiger partial charge in [0.05, 0.1) is 0 Å². The van der Waals surface area contributed by atoms with Crippen LogP contribution in [0.15, 0.2) is 0 Å². The Morgan fingerprint density at radius 2 is 1.78 bits per heavy atom. The molecule has 2 N–H and O–H groups in total. The van der Waals surface area contributed by atoms with Crippen molar-refractivity contribution < 1.29 is 0 Å². The molecule has 0 amide bonds. The molecule has 0 spiro atoms. The minimum Gasteiger partial charge on any atom is -0.329 e. The van der Waals surface area contributed by atoms with Gasteiger partial charge in [-0.2, -0.15) is 0 Å². The third kappa shape index (κ3) is 3.08. The number of hydrogen-bond donors (Lipinski definition) is 1. The summed E-state index contributed by atoms with van der Waals surface area (Å²) in [7, 11) is 0. The monoisotopic (exact) mass is 252 g/mol. The largest absolute Gasteiger partial charge is 0.329 e. The van der Waals surface area contributed by atoms with Crippen LogP contribution in [-0.4, -0.2) is 30.1 Å². The zero-order chi connectivity index (χ0) is 13.0. The first-order chi connectivity index (χ1) is 8.68. The van der Waals surface area contributed by atoms with E-state index in [2.05, 4.69) is 18.7 Å². The predicted octanol–water partition coefficient (Wildman–Crippen LogP) is 3.41. The van der Waals surface area contributed by atoms with E-state index >= 15 is 0 Å². The molecule has 0 aromatic rings. The standard InChI is InChI=1S/C16H32N2/c1-14(2)15-7-6-11-18(12-8-15)16(13-17)9-4-3-5-10-16/h14-15H,3-13,17H2,1-2H3. The lowest BCUT2D eigenvalue weighted by Gasteiger charge is -2.46. The van der Waals surface area contributed by atoms with Crippen molar-refractivity contribution in [3.63, 3.8) is 0 Å². The summed E-state index contributed by atoms with van der Waals surface area (Å²) in [5.41, 5.74) is 6.54. The van der Waals surface area contributed by atoms with Crippen LogP contribution in [0.5, 0.6) is 0 Å². The third-order valence-electron chi connectivity index (χ3n) is 5.55. The van der Waals surface area contributed by atoms with Gasteiger partial charge in [-0.25, -0.2) is 0 Å². The van der Waals surface area contributed by atoms with Crippen molar-refractivity contribution in [2.45, 2.75) is 70.8 Å². The fourth-order valence-electron chi connectivity index (χ4n) is 4.12. The van der Waals surface area contributed by atoms with Crippen LogP contribution in [0.25, 0.3) is 0 Å². The third-order valence-corrected chi connectivity index (χ3v) is 5.55. The molecule has 18 heavy (non-hydrogen) atoms. The van der Waals surface area contributed by atoms with Gasteiger partial charge in [0.15, 0.2) is 0 Å². The van der Waals surface area contributed by atoms with Crippen LogP contribution in [-0.2, 0) is 0 Å². The molecule has 1 saturated carbocycles. The number of nitrogens with zero attached hydrogens (tertiary/aromatic N) is 1. The average molecular weight is 252 g/mol. The molecule has 2 aliphatic rings. The molecule has 2 heteroatoms. The highest BCUT2D eigenvalue weighted by Crippen LogP contribution is 2.36. The van der Waals surface area contributed by atoms with E-state index in [1.165, 1.54) is 64.5 Å². The Balaban J connectivity index is 1.99. The predicted molar refractivity (Wildman–Crippen MR) is 78.6 cm³/mol. The van der Waals surface area contributed by atoms with E-state index in [4.69, 9.17) is 5.73 Å². The summed E-state index contributed by atoms with van der Waals surface area (Å²) in [6.45, 7) is 8.24. The summed E-state index contributed by atoms with van der Waals surface area (Å²) in [6.07, 6.45) is 11.1. The van der Waals surface area contributed by atoms with Crippen LogP contribution in [0.4, 0.5) is 0 Å². The number of likely N-dealkylation sites (tertiary alicyclic amines) is 1. The summed E-state index contributed by atoms with van der Waals surface area (Å²) < 4.78 is 0. The molecule has 2 fully saturated rings. The van der Waals surface area contributed by atoms with E-state index in [1.54, 1.807) is 0 Å². The lowest BCUT2D eigenvalue weighted by Crippen LogP contribution is -2.55. The van der Waals surface area contributed by atoms with Crippen molar-refractivity contribution in [3.8, 4) is 0 Å². The maximum absolute atomic E-state index is 6.17. The lowest BCUT2D eigenvalue weighted by molar-refractivity contribution is 0.0586. The minimum absolute atomic E-state index is 0.365. The van der Waals surface area contributed by atoms with E-state index in [-0.39, 0.29) is 0 Å². The first-order valence-corrected chi connectivity index (χ1v) is 8.13. The molecule has 0 aromatic carbocycles. The zero-order valence-corrected chi connectivity index (χ0v) is 12.5.